The van der Waals surface area contributed by atoms with E-state index >= 15 is 0 Å². The van der Waals surface area contributed by atoms with E-state index < -0.39 is 5.60 Å². The second-order valence-corrected chi connectivity index (χ2v) is 5.05. The van der Waals surface area contributed by atoms with Crippen molar-refractivity contribution in [1.29, 1.82) is 0 Å². The zero-order chi connectivity index (χ0) is 11.8. The number of aromatic nitrogens is 1. The third kappa shape index (κ3) is 1.69. The Labute approximate surface area is 96.7 Å². The molecule has 0 amide bonds. The molecule has 3 unspecified atom stereocenters. The van der Waals surface area contributed by atoms with Gasteiger partial charge >= 0.3 is 0 Å². The number of pyridine rings is 1. The fourth-order valence-electron chi connectivity index (χ4n) is 2.79. The summed E-state index contributed by atoms with van der Waals surface area (Å²) in [5, 5.41) is 10.8. The lowest BCUT2D eigenvalue weighted by Crippen LogP contribution is -2.41. The van der Waals surface area contributed by atoms with Gasteiger partial charge in [0.05, 0.1) is 5.60 Å². The molecule has 0 radical (unpaired) electrons. The van der Waals surface area contributed by atoms with Crippen LogP contribution in [0.2, 0.25) is 0 Å². The molecule has 0 bridgehead atoms. The number of hydrogen-bond acceptors (Lipinski definition) is 3. The Balaban J connectivity index is 2.41. The van der Waals surface area contributed by atoms with Gasteiger partial charge in [0.25, 0.3) is 0 Å². The maximum atomic E-state index is 10.8. The van der Waals surface area contributed by atoms with Crippen LogP contribution >= 0.6 is 0 Å². The molecule has 1 fully saturated rings. The Morgan fingerprint density at radius 3 is 2.94 bits per heavy atom. The minimum Gasteiger partial charge on any atom is -0.398 e. The molecule has 1 aromatic rings. The van der Waals surface area contributed by atoms with Crippen molar-refractivity contribution in [3.8, 4) is 0 Å². The van der Waals surface area contributed by atoms with E-state index in [9.17, 15) is 5.11 Å². The van der Waals surface area contributed by atoms with E-state index in [0.717, 1.165) is 18.4 Å². The molecule has 1 aliphatic rings. The standard InChI is InChI=1S/C13H20N2O/c1-9-4-3-6-13(16,10(9)2)11-8-15-7-5-12(11)14/h5,7-10,16H,3-4,6H2,1-2H3,(H2,14,15). The molecule has 3 nitrogen and oxygen atoms in total. The molecule has 3 heteroatoms. The summed E-state index contributed by atoms with van der Waals surface area (Å²) in [5.41, 5.74) is 6.60. The number of nitrogens with two attached hydrogens (primary N) is 1. The summed E-state index contributed by atoms with van der Waals surface area (Å²) in [6, 6.07) is 1.76. The summed E-state index contributed by atoms with van der Waals surface area (Å²) in [4.78, 5) is 4.09. The number of hydrogen-bond donors (Lipinski definition) is 2. The van der Waals surface area contributed by atoms with Gasteiger partial charge in [0, 0.05) is 23.6 Å². The van der Waals surface area contributed by atoms with Crippen LogP contribution < -0.4 is 5.73 Å². The average Bonchev–Trinajstić information content (AvgIpc) is 2.26. The monoisotopic (exact) mass is 220 g/mol. The van der Waals surface area contributed by atoms with E-state index in [0.29, 0.717) is 11.6 Å². The van der Waals surface area contributed by atoms with Gasteiger partial charge in [-0.3, -0.25) is 4.98 Å². The van der Waals surface area contributed by atoms with Crippen LogP contribution in [0.4, 0.5) is 5.69 Å². The van der Waals surface area contributed by atoms with Crippen molar-refractivity contribution in [2.75, 3.05) is 5.73 Å². The molecule has 3 N–H and O–H groups in total. The summed E-state index contributed by atoms with van der Waals surface area (Å²) >= 11 is 0. The maximum absolute atomic E-state index is 10.8. The van der Waals surface area contributed by atoms with E-state index in [-0.39, 0.29) is 5.92 Å². The lowest BCUT2D eigenvalue weighted by Gasteiger charge is -2.42. The Kier molecular flexibility index (Phi) is 2.89. The Morgan fingerprint density at radius 1 is 1.50 bits per heavy atom. The van der Waals surface area contributed by atoms with Crippen LogP contribution in [0.25, 0.3) is 0 Å². The van der Waals surface area contributed by atoms with Crippen LogP contribution in [0.1, 0.15) is 38.7 Å². The summed E-state index contributed by atoms with van der Waals surface area (Å²) < 4.78 is 0. The highest BCUT2D eigenvalue weighted by Crippen LogP contribution is 2.45. The van der Waals surface area contributed by atoms with Gasteiger partial charge in [-0.05, 0) is 30.7 Å². The van der Waals surface area contributed by atoms with Crippen LogP contribution in [0, 0.1) is 11.8 Å². The number of aliphatic hydroxyl groups is 1. The fraction of sp³-hybridized carbons (Fsp3) is 0.615. The molecular formula is C13H20N2O. The highest BCUT2D eigenvalue weighted by atomic mass is 16.3. The highest BCUT2D eigenvalue weighted by Gasteiger charge is 2.42. The molecule has 3 atom stereocenters. The zero-order valence-corrected chi connectivity index (χ0v) is 9.98. The maximum Gasteiger partial charge on any atom is 0.0959 e. The molecule has 0 saturated heterocycles. The summed E-state index contributed by atoms with van der Waals surface area (Å²) in [7, 11) is 0. The lowest BCUT2D eigenvalue weighted by atomic mass is 9.67. The third-order valence-electron chi connectivity index (χ3n) is 4.15. The first kappa shape index (κ1) is 11.4. The van der Waals surface area contributed by atoms with Crippen LogP contribution in [0.3, 0.4) is 0 Å². The number of anilines is 1. The molecule has 1 saturated carbocycles. The lowest BCUT2D eigenvalue weighted by molar-refractivity contribution is -0.0684. The van der Waals surface area contributed by atoms with Crippen molar-refractivity contribution in [1.82, 2.24) is 4.98 Å². The molecule has 16 heavy (non-hydrogen) atoms. The SMILES string of the molecule is CC1CCCC(O)(c2cnccc2N)C1C. The first-order valence-corrected chi connectivity index (χ1v) is 5.98. The van der Waals surface area contributed by atoms with Crippen LogP contribution in [0.5, 0.6) is 0 Å². The van der Waals surface area contributed by atoms with Gasteiger partial charge in [-0.2, -0.15) is 0 Å². The molecule has 0 aliphatic heterocycles. The second kappa shape index (κ2) is 4.06. The highest BCUT2D eigenvalue weighted by molar-refractivity contribution is 5.48. The van der Waals surface area contributed by atoms with Gasteiger partial charge in [-0.15, -0.1) is 0 Å². The first-order chi connectivity index (χ1) is 7.55. The van der Waals surface area contributed by atoms with Gasteiger partial charge < -0.3 is 10.8 Å². The van der Waals surface area contributed by atoms with Crippen molar-refractivity contribution < 1.29 is 5.11 Å². The van der Waals surface area contributed by atoms with E-state index in [1.165, 1.54) is 6.42 Å². The van der Waals surface area contributed by atoms with Crippen LogP contribution in [-0.4, -0.2) is 10.1 Å². The zero-order valence-electron chi connectivity index (χ0n) is 9.98. The van der Waals surface area contributed by atoms with Gasteiger partial charge in [0.1, 0.15) is 0 Å². The average molecular weight is 220 g/mol. The normalized spacial score (nSPS) is 34.9. The van der Waals surface area contributed by atoms with E-state index in [4.69, 9.17) is 5.73 Å². The topological polar surface area (TPSA) is 59.1 Å². The second-order valence-electron chi connectivity index (χ2n) is 5.05. The van der Waals surface area contributed by atoms with E-state index in [1.807, 2.05) is 0 Å². The van der Waals surface area contributed by atoms with Gasteiger partial charge in [0.2, 0.25) is 0 Å². The third-order valence-corrected chi connectivity index (χ3v) is 4.15. The molecule has 0 aromatic carbocycles. The molecule has 1 aromatic heterocycles. The summed E-state index contributed by atoms with van der Waals surface area (Å²) in [5.74, 6) is 0.756. The minimum atomic E-state index is -0.796. The van der Waals surface area contributed by atoms with Crippen LogP contribution in [-0.2, 0) is 5.60 Å². The molecule has 2 rings (SSSR count). The van der Waals surface area contributed by atoms with Gasteiger partial charge in [-0.1, -0.05) is 20.3 Å². The first-order valence-electron chi connectivity index (χ1n) is 5.98. The van der Waals surface area contributed by atoms with Crippen LogP contribution in [0.15, 0.2) is 18.5 Å². The predicted molar refractivity (Wildman–Crippen MR) is 64.7 cm³/mol. The van der Waals surface area contributed by atoms with Gasteiger partial charge in [-0.25, -0.2) is 0 Å². The fourth-order valence-corrected chi connectivity index (χ4v) is 2.79. The Bertz CT molecular complexity index is 380. The largest absolute Gasteiger partial charge is 0.398 e. The van der Waals surface area contributed by atoms with Gasteiger partial charge in [0.15, 0.2) is 0 Å². The number of nitrogen functional groups attached to an aromatic ring is 1. The van der Waals surface area contributed by atoms with Crippen molar-refractivity contribution in [3.63, 3.8) is 0 Å². The van der Waals surface area contributed by atoms with E-state index in [2.05, 4.69) is 18.8 Å². The number of rotatable bonds is 1. The molecule has 88 valence electrons. The van der Waals surface area contributed by atoms with E-state index in [1.54, 1.807) is 18.5 Å². The van der Waals surface area contributed by atoms with Crippen molar-refractivity contribution in [3.05, 3.63) is 24.0 Å². The van der Waals surface area contributed by atoms with Crippen molar-refractivity contribution in [2.24, 2.45) is 11.8 Å². The quantitative estimate of drug-likeness (QED) is 0.763. The Morgan fingerprint density at radius 2 is 2.25 bits per heavy atom. The number of nitrogens with zero attached hydrogens (tertiary/aromatic N) is 1. The minimum absolute atomic E-state index is 0.229. The van der Waals surface area contributed by atoms with Crippen molar-refractivity contribution in [2.45, 2.75) is 38.7 Å². The molecule has 1 heterocycles. The molecule has 1 aliphatic carbocycles. The molecule has 0 spiro atoms. The smallest absolute Gasteiger partial charge is 0.0959 e. The molecular weight excluding hydrogens is 200 g/mol. The summed E-state index contributed by atoms with van der Waals surface area (Å²) in [6.45, 7) is 4.30. The van der Waals surface area contributed by atoms with Crippen molar-refractivity contribution >= 4 is 5.69 Å². The summed E-state index contributed by atoms with van der Waals surface area (Å²) in [6.07, 6.45) is 6.40. The Hall–Kier alpha value is -1.09. The predicted octanol–water partition coefficient (Wildman–Crippen LogP) is 2.31.